The molecule has 0 amide bonds. The normalized spacial score (nSPS) is 13.5. The van der Waals surface area contributed by atoms with E-state index in [-0.39, 0.29) is 63.1 Å². The van der Waals surface area contributed by atoms with Crippen molar-refractivity contribution >= 4 is 31.5 Å². The average Bonchev–Trinajstić information content (AvgIpc) is 3.57. The van der Waals surface area contributed by atoms with Gasteiger partial charge in [0.15, 0.2) is 17.5 Å². The largest absolute Gasteiger partial charge is 0.208 e. The molecule has 0 N–H and O–H groups in total. The standard InChI is InChI=1S/C39H25N3S/c1-3-10-26(11-4-1)28-18-22-30(23-19-28)37-40-38(31-24-20-29(21-25-31)27-12-5-2-6-13-27)42-39(41-37)34-16-9-15-33-32-14-7-8-17-35(32)43-36(33)34/h1-25H/i7D,8D,9D,14D,15D,16D,17D. The molecule has 0 radical (unpaired) electrons. The molecule has 0 aliphatic rings. The summed E-state index contributed by atoms with van der Waals surface area (Å²) in [5.41, 5.74) is 5.75. The van der Waals surface area contributed by atoms with Gasteiger partial charge in [-0.05, 0) is 34.3 Å². The Bertz CT molecular complexity index is 2490. The van der Waals surface area contributed by atoms with Gasteiger partial charge in [0.25, 0.3) is 0 Å². The molecule has 43 heavy (non-hydrogen) atoms. The third-order valence-corrected chi connectivity index (χ3v) is 8.42. The summed E-state index contributed by atoms with van der Waals surface area (Å²) >= 11 is 1.05. The fourth-order valence-corrected chi connectivity index (χ4v) is 6.18. The van der Waals surface area contributed by atoms with Crippen molar-refractivity contribution in [2.24, 2.45) is 0 Å². The molecule has 0 spiro atoms. The van der Waals surface area contributed by atoms with Crippen molar-refractivity contribution in [1.29, 1.82) is 0 Å². The maximum atomic E-state index is 9.05. The van der Waals surface area contributed by atoms with Crippen molar-refractivity contribution in [3.63, 3.8) is 0 Å². The summed E-state index contributed by atoms with van der Waals surface area (Å²) in [6.45, 7) is 0. The maximum Gasteiger partial charge on any atom is 0.165 e. The van der Waals surface area contributed by atoms with Crippen LogP contribution in [0.2, 0.25) is 0 Å². The van der Waals surface area contributed by atoms with Gasteiger partial charge in [-0.1, -0.05) is 139 Å². The molecule has 0 aliphatic carbocycles. The van der Waals surface area contributed by atoms with E-state index < -0.39 is 6.04 Å². The van der Waals surface area contributed by atoms with Crippen molar-refractivity contribution < 1.29 is 9.60 Å². The molecule has 3 nitrogen and oxygen atoms in total. The van der Waals surface area contributed by atoms with Gasteiger partial charge in [-0.25, -0.2) is 15.0 Å². The third kappa shape index (κ3) is 4.78. The Morgan fingerprint density at radius 3 is 1.47 bits per heavy atom. The predicted molar refractivity (Wildman–Crippen MR) is 180 cm³/mol. The number of thiophene rings is 1. The monoisotopic (exact) mass is 574 g/mol. The van der Waals surface area contributed by atoms with Gasteiger partial charge in [0.05, 0.1) is 9.60 Å². The molecule has 2 heterocycles. The number of hydrogen-bond donors (Lipinski definition) is 0. The van der Waals surface area contributed by atoms with Crippen LogP contribution in [-0.2, 0) is 0 Å². The van der Waals surface area contributed by atoms with E-state index in [0.29, 0.717) is 27.5 Å². The van der Waals surface area contributed by atoms with Crippen LogP contribution in [0.1, 0.15) is 9.60 Å². The van der Waals surface area contributed by atoms with E-state index in [2.05, 4.69) is 0 Å². The molecule has 0 unspecified atom stereocenters. The van der Waals surface area contributed by atoms with Crippen LogP contribution in [0.15, 0.2) is 151 Å². The van der Waals surface area contributed by atoms with Gasteiger partial charge in [-0.3, -0.25) is 0 Å². The smallest absolute Gasteiger partial charge is 0.165 e. The fourth-order valence-electron chi connectivity index (χ4n) is 5.12. The van der Waals surface area contributed by atoms with Gasteiger partial charge in [0.1, 0.15) is 0 Å². The Morgan fingerprint density at radius 1 is 0.419 bits per heavy atom. The van der Waals surface area contributed by atoms with Crippen molar-refractivity contribution in [3.8, 4) is 56.4 Å². The van der Waals surface area contributed by atoms with Gasteiger partial charge < -0.3 is 0 Å². The lowest BCUT2D eigenvalue weighted by Gasteiger charge is -2.10. The molecule has 0 fully saturated rings. The summed E-state index contributed by atoms with van der Waals surface area (Å²) in [5.74, 6) is 0.793. The molecule has 0 aliphatic heterocycles. The average molecular weight is 575 g/mol. The summed E-state index contributed by atoms with van der Waals surface area (Å²) in [7, 11) is 0. The quantitative estimate of drug-likeness (QED) is 0.205. The lowest BCUT2D eigenvalue weighted by atomic mass is 10.0. The molecule has 6 aromatic carbocycles. The van der Waals surface area contributed by atoms with E-state index >= 15 is 0 Å². The molecule has 0 bridgehead atoms. The van der Waals surface area contributed by atoms with E-state index in [4.69, 9.17) is 24.5 Å². The van der Waals surface area contributed by atoms with E-state index in [1.165, 1.54) is 0 Å². The molecule has 2 aromatic heterocycles. The minimum absolute atomic E-state index is 0.106. The second-order valence-corrected chi connectivity index (χ2v) is 11.0. The molecule has 8 aromatic rings. The number of benzene rings is 6. The van der Waals surface area contributed by atoms with Crippen LogP contribution in [-0.4, -0.2) is 15.0 Å². The van der Waals surface area contributed by atoms with Crippen LogP contribution >= 0.6 is 11.3 Å². The molecule has 0 saturated heterocycles. The van der Waals surface area contributed by atoms with Crippen LogP contribution in [0.3, 0.4) is 0 Å². The van der Waals surface area contributed by atoms with Gasteiger partial charge in [-0.2, -0.15) is 0 Å². The zero-order chi connectivity index (χ0) is 34.7. The predicted octanol–water partition coefficient (Wildman–Crippen LogP) is 10.6. The Kier molecular flexibility index (Phi) is 4.72. The summed E-state index contributed by atoms with van der Waals surface area (Å²) in [4.78, 5) is 14.6. The highest BCUT2D eigenvalue weighted by Gasteiger charge is 2.16. The molecular weight excluding hydrogens is 543 g/mol. The number of hydrogen-bond acceptors (Lipinski definition) is 4. The Balaban J connectivity index is 1.37. The van der Waals surface area contributed by atoms with Crippen LogP contribution < -0.4 is 0 Å². The van der Waals surface area contributed by atoms with E-state index in [1.807, 2.05) is 109 Å². The maximum absolute atomic E-state index is 9.05. The molecule has 4 heteroatoms. The lowest BCUT2D eigenvalue weighted by Crippen LogP contribution is -2.00. The Hall–Kier alpha value is -5.45. The van der Waals surface area contributed by atoms with Gasteiger partial charge in [0.2, 0.25) is 0 Å². The van der Waals surface area contributed by atoms with Gasteiger partial charge in [-0.15, -0.1) is 11.3 Å². The minimum Gasteiger partial charge on any atom is -0.208 e. The highest BCUT2D eigenvalue weighted by Crippen LogP contribution is 2.39. The van der Waals surface area contributed by atoms with E-state index in [9.17, 15) is 0 Å². The Labute approximate surface area is 263 Å². The second kappa shape index (κ2) is 10.8. The highest BCUT2D eigenvalue weighted by molar-refractivity contribution is 7.26. The first-order valence-corrected chi connectivity index (χ1v) is 14.5. The third-order valence-electron chi connectivity index (χ3n) is 7.30. The zero-order valence-electron chi connectivity index (χ0n) is 29.6. The SMILES string of the molecule is [2H]c1c([2H])c([2H])c2c(sc3c(-c4nc(-c5ccc(-c6ccccc6)cc5)nc(-c5ccc(-c6ccccc6)cc5)n4)c([2H])c([2H])c([2H])c32)c1[2H]. The number of rotatable bonds is 5. The van der Waals surface area contributed by atoms with Crippen LogP contribution in [0, 0.1) is 0 Å². The summed E-state index contributed by atoms with van der Waals surface area (Å²) in [5, 5.41) is 0.328. The topological polar surface area (TPSA) is 38.7 Å². The van der Waals surface area contributed by atoms with E-state index in [1.54, 1.807) is 0 Å². The van der Waals surface area contributed by atoms with Crippen molar-refractivity contribution in [2.75, 3.05) is 0 Å². The second-order valence-electron chi connectivity index (χ2n) is 9.95. The number of fused-ring (bicyclic) bond motifs is 3. The van der Waals surface area contributed by atoms with Crippen LogP contribution in [0.5, 0.6) is 0 Å². The van der Waals surface area contributed by atoms with Crippen molar-refractivity contribution in [3.05, 3.63) is 151 Å². The molecular formula is C39H25N3S. The van der Waals surface area contributed by atoms with Crippen molar-refractivity contribution in [1.82, 2.24) is 15.0 Å². The van der Waals surface area contributed by atoms with Gasteiger partial charge in [0, 0.05) is 36.9 Å². The highest BCUT2D eigenvalue weighted by atomic mass is 32.1. The minimum atomic E-state index is -0.424. The molecule has 0 saturated carbocycles. The first-order valence-electron chi connectivity index (χ1n) is 17.2. The van der Waals surface area contributed by atoms with Crippen LogP contribution in [0.25, 0.3) is 76.6 Å². The summed E-state index contributed by atoms with van der Waals surface area (Å²) < 4.78 is 61.0. The summed E-state index contributed by atoms with van der Waals surface area (Å²) in [6.07, 6.45) is 0. The van der Waals surface area contributed by atoms with Crippen LogP contribution in [0.4, 0.5) is 0 Å². The lowest BCUT2D eigenvalue weighted by molar-refractivity contribution is 1.08. The first-order chi connectivity index (χ1) is 24.2. The number of aromatic nitrogens is 3. The fraction of sp³-hybridized carbons (Fsp3) is 0. The first kappa shape index (κ1) is 18.9. The summed E-state index contributed by atoms with van der Waals surface area (Å²) in [6, 6.07) is 33.4. The zero-order valence-corrected chi connectivity index (χ0v) is 23.5. The van der Waals surface area contributed by atoms with Gasteiger partial charge >= 0.3 is 0 Å². The molecule has 202 valence electrons. The number of nitrogens with zero attached hydrogens (tertiary/aromatic N) is 3. The van der Waals surface area contributed by atoms with Crippen molar-refractivity contribution in [2.45, 2.75) is 0 Å². The Morgan fingerprint density at radius 2 is 0.884 bits per heavy atom. The molecule has 8 rings (SSSR count). The van der Waals surface area contributed by atoms with E-state index in [0.717, 1.165) is 33.6 Å². The molecule has 0 atom stereocenters.